The van der Waals surface area contributed by atoms with Gasteiger partial charge in [0.05, 0.1) is 17.2 Å². The molecule has 34 heavy (non-hydrogen) atoms. The Bertz CT molecular complexity index is 1260. The SMILES string of the molecule is CCCCCNC(=O)c1cn(-c2ccc(F)cc2F)c2nc(N3CCC(OC)C3)ccc2c1=O. The zero-order chi connectivity index (χ0) is 24.2. The number of carbonyl (C=O) groups excluding carboxylic acids is 1. The van der Waals surface area contributed by atoms with Gasteiger partial charge in [-0.25, -0.2) is 13.8 Å². The molecule has 0 aliphatic carbocycles. The van der Waals surface area contributed by atoms with Crippen molar-refractivity contribution in [3.63, 3.8) is 0 Å². The van der Waals surface area contributed by atoms with Crippen LogP contribution < -0.4 is 15.6 Å². The van der Waals surface area contributed by atoms with Crippen LogP contribution in [-0.4, -0.2) is 48.3 Å². The maximum atomic E-state index is 14.8. The van der Waals surface area contributed by atoms with Gasteiger partial charge < -0.3 is 15.0 Å². The second-order valence-corrected chi connectivity index (χ2v) is 8.43. The highest BCUT2D eigenvalue weighted by molar-refractivity contribution is 5.97. The number of fused-ring (bicyclic) bond motifs is 1. The molecular formula is C25H28F2N4O3. The van der Waals surface area contributed by atoms with Gasteiger partial charge in [-0.1, -0.05) is 19.8 Å². The fourth-order valence-corrected chi connectivity index (χ4v) is 4.19. The molecule has 4 rings (SSSR count). The fraction of sp³-hybridized carbons (Fsp3) is 0.400. The molecule has 1 aromatic carbocycles. The van der Waals surface area contributed by atoms with E-state index in [1.807, 2.05) is 4.90 Å². The Hall–Kier alpha value is -3.33. The van der Waals surface area contributed by atoms with Crippen molar-refractivity contribution in [3.8, 4) is 5.69 Å². The van der Waals surface area contributed by atoms with Gasteiger partial charge in [-0.15, -0.1) is 0 Å². The first-order valence-electron chi connectivity index (χ1n) is 11.5. The number of nitrogens with zero attached hydrogens (tertiary/aromatic N) is 3. The summed E-state index contributed by atoms with van der Waals surface area (Å²) in [5, 5.41) is 2.94. The summed E-state index contributed by atoms with van der Waals surface area (Å²) < 4.78 is 35.2. The Kier molecular flexibility index (Phi) is 7.21. The van der Waals surface area contributed by atoms with E-state index >= 15 is 0 Å². The Morgan fingerprint density at radius 1 is 1.24 bits per heavy atom. The molecule has 1 saturated heterocycles. The molecule has 0 spiro atoms. The molecule has 180 valence electrons. The average Bonchev–Trinajstić information content (AvgIpc) is 3.32. The Balaban J connectivity index is 1.83. The van der Waals surface area contributed by atoms with Crippen LogP contribution >= 0.6 is 0 Å². The normalized spacial score (nSPS) is 15.8. The van der Waals surface area contributed by atoms with Crippen LogP contribution in [0.3, 0.4) is 0 Å². The highest BCUT2D eigenvalue weighted by Crippen LogP contribution is 2.25. The Morgan fingerprint density at radius 2 is 2.06 bits per heavy atom. The predicted molar refractivity (Wildman–Crippen MR) is 127 cm³/mol. The van der Waals surface area contributed by atoms with Crippen LogP contribution in [0.25, 0.3) is 16.7 Å². The van der Waals surface area contributed by atoms with Crippen molar-refractivity contribution in [1.82, 2.24) is 14.9 Å². The quantitative estimate of drug-likeness (QED) is 0.507. The summed E-state index contributed by atoms with van der Waals surface area (Å²) in [5.74, 6) is -1.48. The van der Waals surface area contributed by atoms with Crippen molar-refractivity contribution < 1.29 is 18.3 Å². The van der Waals surface area contributed by atoms with Gasteiger partial charge in [0, 0.05) is 39.0 Å². The van der Waals surface area contributed by atoms with Crippen molar-refractivity contribution in [2.45, 2.75) is 38.7 Å². The third kappa shape index (κ3) is 4.79. The summed E-state index contributed by atoms with van der Waals surface area (Å²) in [6.07, 6.45) is 4.95. The number of anilines is 1. The van der Waals surface area contributed by atoms with E-state index < -0.39 is 23.0 Å². The van der Waals surface area contributed by atoms with Crippen LogP contribution in [0.1, 0.15) is 43.0 Å². The monoisotopic (exact) mass is 470 g/mol. The number of halogens is 2. The van der Waals surface area contributed by atoms with Gasteiger partial charge in [-0.05, 0) is 37.1 Å². The first-order valence-corrected chi connectivity index (χ1v) is 11.5. The summed E-state index contributed by atoms with van der Waals surface area (Å²) in [6.45, 7) is 3.86. The molecule has 0 bridgehead atoms. The molecule has 1 atom stereocenters. The third-order valence-corrected chi connectivity index (χ3v) is 6.12. The molecule has 3 heterocycles. The number of ether oxygens (including phenoxy) is 1. The van der Waals surface area contributed by atoms with E-state index in [1.165, 1.54) is 16.8 Å². The summed E-state index contributed by atoms with van der Waals surface area (Å²) in [4.78, 5) is 32.7. The van der Waals surface area contributed by atoms with Gasteiger partial charge in [0.25, 0.3) is 5.91 Å². The molecule has 1 unspecified atom stereocenters. The molecular weight excluding hydrogens is 442 g/mol. The van der Waals surface area contributed by atoms with E-state index in [0.717, 1.165) is 44.4 Å². The van der Waals surface area contributed by atoms with Gasteiger partial charge >= 0.3 is 0 Å². The smallest absolute Gasteiger partial charge is 0.256 e. The van der Waals surface area contributed by atoms with Gasteiger partial charge in [0.2, 0.25) is 5.43 Å². The van der Waals surface area contributed by atoms with E-state index in [1.54, 1.807) is 19.2 Å². The van der Waals surface area contributed by atoms with Crippen LogP contribution in [0.5, 0.6) is 0 Å². The lowest BCUT2D eigenvalue weighted by Gasteiger charge is -2.19. The summed E-state index contributed by atoms with van der Waals surface area (Å²) >= 11 is 0. The van der Waals surface area contributed by atoms with Gasteiger partial charge in [0.15, 0.2) is 5.65 Å². The number of benzene rings is 1. The standard InChI is InChI=1S/C25H28F2N4O3/c1-3-4-5-11-28-25(33)19-15-31(21-8-6-16(26)13-20(21)27)24-18(23(19)32)7-9-22(29-24)30-12-10-17(14-30)34-2/h6-9,13,15,17H,3-5,10-12,14H2,1-2H3,(H,28,33). The lowest BCUT2D eigenvalue weighted by atomic mass is 10.1. The minimum absolute atomic E-state index is 0.00715. The van der Waals surface area contributed by atoms with Crippen molar-refractivity contribution >= 4 is 22.8 Å². The van der Waals surface area contributed by atoms with Gasteiger partial charge in [-0.3, -0.25) is 14.2 Å². The second kappa shape index (κ2) is 10.3. The number of hydrogen-bond acceptors (Lipinski definition) is 5. The van der Waals surface area contributed by atoms with Crippen LogP contribution in [0.2, 0.25) is 0 Å². The molecule has 0 radical (unpaired) electrons. The molecule has 1 fully saturated rings. The molecule has 1 N–H and O–H groups in total. The molecule has 1 aliphatic rings. The average molecular weight is 471 g/mol. The number of unbranched alkanes of at least 4 members (excludes halogenated alkanes) is 2. The summed E-state index contributed by atoms with van der Waals surface area (Å²) in [6, 6.07) is 6.47. The molecule has 9 heteroatoms. The van der Waals surface area contributed by atoms with Crippen molar-refractivity contribution in [3.05, 3.63) is 63.9 Å². The van der Waals surface area contributed by atoms with Gasteiger partial charge in [0.1, 0.15) is 23.0 Å². The van der Waals surface area contributed by atoms with Crippen molar-refractivity contribution in [2.75, 3.05) is 31.6 Å². The minimum atomic E-state index is -0.827. The maximum Gasteiger partial charge on any atom is 0.256 e. The Morgan fingerprint density at radius 3 is 2.76 bits per heavy atom. The van der Waals surface area contributed by atoms with E-state index in [-0.39, 0.29) is 28.4 Å². The van der Waals surface area contributed by atoms with E-state index in [9.17, 15) is 18.4 Å². The number of nitrogens with one attached hydrogen (secondary N) is 1. The van der Waals surface area contributed by atoms with Gasteiger partial charge in [-0.2, -0.15) is 0 Å². The van der Waals surface area contributed by atoms with Crippen LogP contribution in [0.15, 0.2) is 41.3 Å². The number of pyridine rings is 2. The first kappa shape index (κ1) is 23.8. The molecule has 3 aromatic rings. The maximum absolute atomic E-state index is 14.8. The number of methoxy groups -OCH3 is 1. The molecule has 1 amide bonds. The first-order chi connectivity index (χ1) is 16.4. The summed E-state index contributed by atoms with van der Waals surface area (Å²) in [7, 11) is 1.66. The highest BCUT2D eigenvalue weighted by Gasteiger charge is 2.25. The van der Waals surface area contributed by atoms with Crippen molar-refractivity contribution in [1.29, 1.82) is 0 Å². The fourth-order valence-electron chi connectivity index (χ4n) is 4.19. The predicted octanol–water partition coefficient (Wildman–Crippen LogP) is 3.81. The van der Waals surface area contributed by atoms with Crippen molar-refractivity contribution in [2.24, 2.45) is 0 Å². The lowest BCUT2D eigenvalue weighted by molar-refractivity contribution is 0.0951. The molecule has 0 saturated carbocycles. The van der Waals surface area contributed by atoms with Crippen LogP contribution in [0.4, 0.5) is 14.6 Å². The zero-order valence-corrected chi connectivity index (χ0v) is 19.3. The second-order valence-electron chi connectivity index (χ2n) is 8.43. The number of rotatable bonds is 8. The number of hydrogen-bond donors (Lipinski definition) is 1. The Labute approximate surface area is 196 Å². The lowest BCUT2D eigenvalue weighted by Crippen LogP contribution is -2.31. The largest absolute Gasteiger partial charge is 0.380 e. The number of carbonyl (C=O) groups is 1. The number of amides is 1. The molecule has 1 aliphatic heterocycles. The molecule has 7 nitrogen and oxygen atoms in total. The third-order valence-electron chi connectivity index (χ3n) is 6.12. The highest BCUT2D eigenvalue weighted by atomic mass is 19.1. The molecule has 2 aromatic heterocycles. The topological polar surface area (TPSA) is 76.5 Å². The minimum Gasteiger partial charge on any atom is -0.380 e. The van der Waals surface area contributed by atoms with Crippen LogP contribution in [-0.2, 0) is 4.74 Å². The number of aromatic nitrogens is 2. The summed E-state index contributed by atoms with van der Waals surface area (Å²) in [5.41, 5.74) is -0.427. The van der Waals surface area contributed by atoms with E-state index in [0.29, 0.717) is 18.9 Å². The van der Waals surface area contributed by atoms with E-state index in [2.05, 4.69) is 17.2 Å². The van der Waals surface area contributed by atoms with Crippen LogP contribution in [0, 0.1) is 11.6 Å². The van der Waals surface area contributed by atoms with E-state index in [4.69, 9.17) is 4.74 Å². The zero-order valence-electron chi connectivity index (χ0n) is 19.3.